The molecule has 0 saturated carbocycles. The van der Waals surface area contributed by atoms with Crippen molar-refractivity contribution in [2.24, 2.45) is 5.41 Å². The molecule has 0 spiro atoms. The minimum atomic E-state index is -0.334. The lowest BCUT2D eigenvalue weighted by Gasteiger charge is -2.19. The Bertz CT molecular complexity index is 272. The van der Waals surface area contributed by atoms with Gasteiger partial charge in [-0.05, 0) is 31.9 Å². The Labute approximate surface area is 79.5 Å². The molecule has 0 N–H and O–H groups in total. The van der Waals surface area contributed by atoms with Crippen LogP contribution in [-0.2, 0) is 4.74 Å². The quantitative estimate of drug-likeness (QED) is 0.664. The maximum Gasteiger partial charge on any atom is 0.115 e. The molecule has 0 aliphatic heterocycles. The zero-order valence-electron chi connectivity index (χ0n) is 8.21. The van der Waals surface area contributed by atoms with Crippen molar-refractivity contribution in [3.05, 3.63) is 24.0 Å². The predicted octanol–water partition coefficient (Wildman–Crippen LogP) is 2.79. The summed E-state index contributed by atoms with van der Waals surface area (Å²) in [5, 5.41) is 8.84. The Kier molecular flexibility index (Phi) is 3.13. The summed E-state index contributed by atoms with van der Waals surface area (Å²) in [4.78, 5) is 0. The Morgan fingerprint density at radius 1 is 1.69 bits per heavy atom. The van der Waals surface area contributed by atoms with Gasteiger partial charge in [0, 0.05) is 0 Å². The first kappa shape index (κ1) is 9.85. The largest absolute Gasteiger partial charge is 0.494 e. The van der Waals surface area contributed by atoms with E-state index in [-0.39, 0.29) is 5.41 Å². The molecule has 0 aromatic heterocycles. The molecule has 1 aliphatic rings. The normalized spacial score (nSPS) is 26.4. The lowest BCUT2D eigenvalue weighted by Crippen LogP contribution is -2.12. The average Bonchev–Trinajstić information content (AvgIpc) is 2.17. The van der Waals surface area contributed by atoms with Crippen molar-refractivity contribution < 1.29 is 4.74 Å². The summed E-state index contributed by atoms with van der Waals surface area (Å²) in [7, 11) is 0. The number of hydrogen-bond donors (Lipinski definition) is 0. The zero-order valence-corrected chi connectivity index (χ0v) is 8.21. The summed E-state index contributed by atoms with van der Waals surface area (Å²) in [5.74, 6) is 0.898. The lowest BCUT2D eigenvalue weighted by atomic mass is 9.85. The van der Waals surface area contributed by atoms with Crippen LogP contribution in [0, 0.1) is 16.7 Å². The minimum Gasteiger partial charge on any atom is -0.494 e. The highest BCUT2D eigenvalue weighted by Crippen LogP contribution is 2.28. The van der Waals surface area contributed by atoms with Gasteiger partial charge < -0.3 is 4.74 Å². The van der Waals surface area contributed by atoms with Crippen molar-refractivity contribution in [3.63, 3.8) is 0 Å². The molecule has 2 heteroatoms. The van der Waals surface area contributed by atoms with Crippen molar-refractivity contribution in [1.29, 1.82) is 5.26 Å². The first-order chi connectivity index (χ1) is 6.20. The van der Waals surface area contributed by atoms with E-state index >= 15 is 0 Å². The van der Waals surface area contributed by atoms with Gasteiger partial charge in [0.2, 0.25) is 0 Å². The van der Waals surface area contributed by atoms with Crippen LogP contribution in [0.2, 0.25) is 0 Å². The molecule has 0 heterocycles. The van der Waals surface area contributed by atoms with Crippen molar-refractivity contribution in [1.82, 2.24) is 0 Å². The van der Waals surface area contributed by atoms with Crippen LogP contribution in [0.25, 0.3) is 0 Å². The van der Waals surface area contributed by atoms with E-state index in [1.54, 1.807) is 0 Å². The third kappa shape index (κ3) is 2.62. The van der Waals surface area contributed by atoms with E-state index in [4.69, 9.17) is 10.00 Å². The second kappa shape index (κ2) is 4.13. The molecule has 1 rings (SSSR count). The van der Waals surface area contributed by atoms with Gasteiger partial charge in [-0.2, -0.15) is 5.26 Å². The van der Waals surface area contributed by atoms with Crippen LogP contribution in [0.15, 0.2) is 24.0 Å². The highest BCUT2D eigenvalue weighted by molar-refractivity contribution is 5.26. The molecule has 1 unspecified atom stereocenters. The number of allylic oxidation sites excluding steroid dienone is 3. The maximum atomic E-state index is 8.84. The van der Waals surface area contributed by atoms with Gasteiger partial charge in [0.1, 0.15) is 5.76 Å². The predicted molar refractivity (Wildman–Crippen MR) is 51.8 cm³/mol. The van der Waals surface area contributed by atoms with Crippen molar-refractivity contribution in [2.45, 2.75) is 26.7 Å². The van der Waals surface area contributed by atoms with Gasteiger partial charge >= 0.3 is 0 Å². The Morgan fingerprint density at radius 2 is 2.46 bits per heavy atom. The van der Waals surface area contributed by atoms with Crippen LogP contribution < -0.4 is 0 Å². The van der Waals surface area contributed by atoms with Crippen LogP contribution in [0.5, 0.6) is 0 Å². The number of hydrogen-bond acceptors (Lipinski definition) is 2. The Balaban J connectivity index is 2.51. The van der Waals surface area contributed by atoms with E-state index in [1.807, 2.05) is 25.2 Å². The standard InChI is InChI=1S/C11H15NO/c1-3-8-13-10-4-6-11(2,9-12)7-5-10/h4-6H,3,7-8H2,1-2H3. The van der Waals surface area contributed by atoms with Crippen LogP contribution in [-0.4, -0.2) is 6.61 Å². The fourth-order valence-corrected chi connectivity index (χ4v) is 1.12. The van der Waals surface area contributed by atoms with Crippen LogP contribution in [0.3, 0.4) is 0 Å². The third-order valence-electron chi connectivity index (χ3n) is 2.07. The molecule has 0 fully saturated rings. The molecular weight excluding hydrogens is 162 g/mol. The Morgan fingerprint density at radius 3 is 2.92 bits per heavy atom. The first-order valence-electron chi connectivity index (χ1n) is 4.63. The van der Waals surface area contributed by atoms with E-state index in [2.05, 4.69) is 13.0 Å². The van der Waals surface area contributed by atoms with Crippen molar-refractivity contribution >= 4 is 0 Å². The van der Waals surface area contributed by atoms with E-state index in [1.165, 1.54) is 0 Å². The fraction of sp³-hybridized carbons (Fsp3) is 0.545. The van der Waals surface area contributed by atoms with Crippen LogP contribution in [0.4, 0.5) is 0 Å². The second-order valence-corrected chi connectivity index (χ2v) is 3.52. The number of nitrogens with zero attached hydrogens (tertiary/aromatic N) is 1. The van der Waals surface area contributed by atoms with Gasteiger partial charge in [-0.25, -0.2) is 0 Å². The van der Waals surface area contributed by atoms with E-state index in [0.29, 0.717) is 0 Å². The highest BCUT2D eigenvalue weighted by atomic mass is 16.5. The van der Waals surface area contributed by atoms with Gasteiger partial charge in [-0.3, -0.25) is 0 Å². The average molecular weight is 177 g/mol. The summed E-state index contributed by atoms with van der Waals surface area (Å²) in [6.45, 7) is 4.75. The smallest absolute Gasteiger partial charge is 0.115 e. The Hall–Kier alpha value is -1.23. The number of ether oxygens (including phenoxy) is 1. The molecular formula is C11H15NO. The van der Waals surface area contributed by atoms with E-state index in [9.17, 15) is 0 Å². The molecule has 2 nitrogen and oxygen atoms in total. The molecule has 70 valence electrons. The van der Waals surface area contributed by atoms with Gasteiger partial charge in [0.25, 0.3) is 0 Å². The molecule has 0 aromatic rings. The topological polar surface area (TPSA) is 33.0 Å². The van der Waals surface area contributed by atoms with Crippen molar-refractivity contribution in [3.8, 4) is 6.07 Å². The lowest BCUT2D eigenvalue weighted by molar-refractivity contribution is 0.220. The molecule has 0 aromatic carbocycles. The molecule has 0 bridgehead atoms. The molecule has 0 saturated heterocycles. The minimum absolute atomic E-state index is 0.334. The fourth-order valence-electron chi connectivity index (χ4n) is 1.12. The van der Waals surface area contributed by atoms with E-state index < -0.39 is 0 Å². The van der Waals surface area contributed by atoms with Gasteiger partial charge in [-0.15, -0.1) is 0 Å². The summed E-state index contributed by atoms with van der Waals surface area (Å²) in [5.41, 5.74) is -0.334. The van der Waals surface area contributed by atoms with Gasteiger partial charge in [-0.1, -0.05) is 13.0 Å². The summed E-state index contributed by atoms with van der Waals surface area (Å²) >= 11 is 0. The molecule has 1 atom stereocenters. The highest BCUT2D eigenvalue weighted by Gasteiger charge is 2.21. The molecule has 13 heavy (non-hydrogen) atoms. The summed E-state index contributed by atoms with van der Waals surface area (Å²) in [6.07, 6.45) is 7.55. The SMILES string of the molecule is CCCOC1=CCC(C)(C#N)C=C1. The van der Waals surface area contributed by atoms with Crippen LogP contribution >= 0.6 is 0 Å². The van der Waals surface area contributed by atoms with Crippen LogP contribution in [0.1, 0.15) is 26.7 Å². The summed E-state index contributed by atoms with van der Waals surface area (Å²) in [6, 6.07) is 2.27. The summed E-state index contributed by atoms with van der Waals surface area (Å²) < 4.78 is 5.43. The maximum absolute atomic E-state index is 8.84. The third-order valence-corrected chi connectivity index (χ3v) is 2.07. The van der Waals surface area contributed by atoms with E-state index in [0.717, 1.165) is 25.2 Å². The molecule has 0 radical (unpaired) electrons. The van der Waals surface area contributed by atoms with Gasteiger partial charge in [0.15, 0.2) is 0 Å². The van der Waals surface area contributed by atoms with Crippen molar-refractivity contribution in [2.75, 3.05) is 6.61 Å². The zero-order chi connectivity index (χ0) is 9.73. The number of nitriles is 1. The second-order valence-electron chi connectivity index (χ2n) is 3.52. The molecule has 1 aliphatic carbocycles. The number of rotatable bonds is 3. The molecule has 0 amide bonds. The van der Waals surface area contributed by atoms with Gasteiger partial charge in [0.05, 0.1) is 18.1 Å². The monoisotopic (exact) mass is 177 g/mol. The first-order valence-corrected chi connectivity index (χ1v) is 4.63.